The number of benzene rings is 2. The summed E-state index contributed by atoms with van der Waals surface area (Å²) in [6.07, 6.45) is 1.76. The summed E-state index contributed by atoms with van der Waals surface area (Å²) in [6, 6.07) is 14.3. The molecule has 0 aliphatic carbocycles. The highest BCUT2D eigenvalue weighted by Crippen LogP contribution is 2.42. The molecule has 0 atom stereocenters. The van der Waals surface area contributed by atoms with E-state index in [2.05, 4.69) is 43.4 Å². The van der Waals surface area contributed by atoms with Gasteiger partial charge in [-0.1, -0.05) is 52.8 Å². The fourth-order valence-corrected chi connectivity index (χ4v) is 5.36. The largest absolute Gasteiger partial charge is 0.486 e. The molecule has 0 aliphatic rings. The Labute approximate surface area is 216 Å². The average molecular weight is 510 g/mol. The van der Waals surface area contributed by atoms with Gasteiger partial charge in [0.05, 0.1) is 4.88 Å². The molecule has 0 fully saturated rings. The monoisotopic (exact) mass is 509 g/mol. The summed E-state index contributed by atoms with van der Waals surface area (Å²) in [5.74, 6) is -0.686. The fraction of sp³-hybridized carbons (Fsp3) is 0.414. The van der Waals surface area contributed by atoms with Gasteiger partial charge < -0.3 is 15.2 Å². The Balaban J connectivity index is 1.92. The molecular formula is C29H35NO5S. The molecule has 0 saturated heterocycles. The highest BCUT2D eigenvalue weighted by molar-refractivity contribution is 7.20. The number of rotatable bonds is 10. The van der Waals surface area contributed by atoms with E-state index in [-0.39, 0.29) is 23.7 Å². The number of carboxylic acids is 1. The summed E-state index contributed by atoms with van der Waals surface area (Å²) in [4.78, 5) is 35.9. The van der Waals surface area contributed by atoms with E-state index in [9.17, 15) is 14.4 Å². The maximum atomic E-state index is 12.4. The van der Waals surface area contributed by atoms with Crippen LogP contribution in [0.4, 0.5) is 0 Å². The molecule has 36 heavy (non-hydrogen) atoms. The Morgan fingerprint density at radius 3 is 2.19 bits per heavy atom. The number of ether oxygens (including phenoxy) is 1. The Morgan fingerprint density at radius 1 is 0.972 bits per heavy atom. The number of carboxylic acid groups (broad SMARTS) is 1. The van der Waals surface area contributed by atoms with Gasteiger partial charge in [0.15, 0.2) is 5.78 Å². The molecule has 0 saturated carbocycles. The molecule has 0 bridgehead atoms. The van der Waals surface area contributed by atoms with Crippen LogP contribution in [0.5, 0.6) is 5.75 Å². The van der Waals surface area contributed by atoms with Crippen molar-refractivity contribution >= 4 is 39.1 Å². The Hall–Kier alpha value is -3.19. The molecule has 7 heteroatoms. The van der Waals surface area contributed by atoms with E-state index in [1.165, 1.54) is 16.9 Å². The summed E-state index contributed by atoms with van der Waals surface area (Å²) >= 11 is 1.35. The molecular weight excluding hydrogens is 474 g/mol. The van der Waals surface area contributed by atoms with Gasteiger partial charge in [0.1, 0.15) is 18.9 Å². The van der Waals surface area contributed by atoms with Crippen molar-refractivity contribution in [2.24, 2.45) is 5.41 Å². The van der Waals surface area contributed by atoms with Gasteiger partial charge in [-0.15, -0.1) is 11.3 Å². The van der Waals surface area contributed by atoms with Crippen LogP contribution in [0.15, 0.2) is 42.5 Å². The van der Waals surface area contributed by atoms with Gasteiger partial charge in [-0.3, -0.25) is 14.4 Å². The van der Waals surface area contributed by atoms with Crippen LogP contribution < -0.4 is 10.1 Å². The Kier molecular flexibility index (Phi) is 8.24. The van der Waals surface area contributed by atoms with Crippen molar-refractivity contribution in [2.75, 3.05) is 13.2 Å². The van der Waals surface area contributed by atoms with Gasteiger partial charge in [0, 0.05) is 15.5 Å². The lowest BCUT2D eigenvalue weighted by Crippen LogP contribution is -2.28. The van der Waals surface area contributed by atoms with Crippen molar-refractivity contribution in [1.29, 1.82) is 0 Å². The first-order valence-electron chi connectivity index (χ1n) is 12.2. The molecule has 3 rings (SSSR count). The number of fused-ring (bicyclic) bond motifs is 1. The Morgan fingerprint density at radius 2 is 1.61 bits per heavy atom. The smallest absolute Gasteiger partial charge is 0.322 e. The van der Waals surface area contributed by atoms with Crippen LogP contribution in [0.3, 0.4) is 0 Å². The van der Waals surface area contributed by atoms with Crippen molar-refractivity contribution in [3.8, 4) is 5.75 Å². The van der Waals surface area contributed by atoms with E-state index in [1.54, 1.807) is 0 Å². The molecule has 3 aromatic rings. The maximum Gasteiger partial charge on any atom is 0.322 e. The average Bonchev–Trinajstić information content (AvgIpc) is 3.26. The van der Waals surface area contributed by atoms with Gasteiger partial charge in [0.25, 0.3) is 5.91 Å². The molecule has 0 radical (unpaired) electrons. The zero-order chi connectivity index (χ0) is 26.7. The molecule has 0 unspecified atom stereocenters. The number of hydrogen-bond donors (Lipinski definition) is 2. The number of hydrogen-bond acceptors (Lipinski definition) is 5. The number of Topliss-reactive ketones (excluding diaryl/α,β-unsaturated/α-hetero) is 1. The molecule has 6 nitrogen and oxygen atoms in total. The number of thiophene rings is 1. The minimum absolute atomic E-state index is 0.0492. The molecule has 1 aromatic heterocycles. The number of carbonyl (C=O) groups is 3. The Bertz CT molecular complexity index is 1280. The number of ketones is 1. The second-order valence-corrected chi connectivity index (χ2v) is 11.3. The van der Waals surface area contributed by atoms with E-state index < -0.39 is 17.9 Å². The van der Waals surface area contributed by atoms with Crippen LogP contribution in [-0.4, -0.2) is 35.9 Å². The minimum Gasteiger partial charge on any atom is -0.486 e. The zero-order valence-electron chi connectivity index (χ0n) is 21.9. The molecule has 0 spiro atoms. The van der Waals surface area contributed by atoms with Crippen LogP contribution in [-0.2, 0) is 15.0 Å². The van der Waals surface area contributed by atoms with Gasteiger partial charge in [-0.25, -0.2) is 0 Å². The summed E-state index contributed by atoms with van der Waals surface area (Å²) in [7, 11) is 0. The van der Waals surface area contributed by atoms with Crippen LogP contribution in [0.25, 0.3) is 10.1 Å². The number of aryl methyl sites for hydroxylation is 1. The molecule has 192 valence electrons. The van der Waals surface area contributed by atoms with Gasteiger partial charge in [-0.05, 0) is 66.1 Å². The molecule has 2 aromatic carbocycles. The van der Waals surface area contributed by atoms with Crippen LogP contribution in [0.1, 0.15) is 73.8 Å². The van der Waals surface area contributed by atoms with Crippen LogP contribution in [0.2, 0.25) is 0 Å². The molecule has 1 amide bonds. The van der Waals surface area contributed by atoms with Crippen molar-refractivity contribution in [2.45, 2.75) is 59.8 Å². The SMILES string of the molecule is CCC(CC)(c1ccc(OCC(=O)C(C)(C)C)c(C)c1)c1ccc2sc(C(=O)NCC(=O)O)cc2c1. The second kappa shape index (κ2) is 10.8. The normalized spacial score (nSPS) is 11.9. The molecule has 1 heterocycles. The lowest BCUT2D eigenvalue weighted by Gasteiger charge is -2.34. The van der Waals surface area contributed by atoms with Gasteiger partial charge in [-0.2, -0.15) is 0 Å². The van der Waals surface area contributed by atoms with Crippen molar-refractivity contribution in [1.82, 2.24) is 5.32 Å². The third-order valence-electron chi connectivity index (χ3n) is 6.82. The maximum absolute atomic E-state index is 12.4. The second-order valence-electron chi connectivity index (χ2n) is 10.2. The van der Waals surface area contributed by atoms with Crippen molar-refractivity contribution < 1.29 is 24.2 Å². The quantitative estimate of drug-likeness (QED) is 0.343. The predicted octanol–water partition coefficient (Wildman–Crippen LogP) is 6.12. The van der Waals surface area contributed by atoms with Crippen LogP contribution >= 0.6 is 11.3 Å². The molecule has 2 N–H and O–H groups in total. The lowest BCUT2D eigenvalue weighted by molar-refractivity contribution is -0.135. The lowest BCUT2D eigenvalue weighted by atomic mass is 9.70. The minimum atomic E-state index is -1.07. The van der Waals surface area contributed by atoms with Crippen LogP contribution in [0, 0.1) is 12.3 Å². The number of nitrogens with one attached hydrogen (secondary N) is 1. The third-order valence-corrected chi connectivity index (χ3v) is 7.94. The predicted molar refractivity (Wildman–Crippen MR) is 144 cm³/mol. The highest BCUT2D eigenvalue weighted by atomic mass is 32.1. The van der Waals surface area contributed by atoms with E-state index >= 15 is 0 Å². The summed E-state index contributed by atoms with van der Waals surface area (Å²) < 4.78 is 6.84. The standard InChI is InChI=1S/C29H35NO5S/c1-7-29(8-2,20-9-11-22(18(3)13-20)35-17-25(31)28(4,5)6)21-10-12-23-19(14-21)15-24(36-23)27(34)30-16-26(32)33/h9-15H,7-8,16-17H2,1-6H3,(H,30,34)(H,32,33). The van der Waals surface area contributed by atoms with Gasteiger partial charge >= 0.3 is 5.97 Å². The number of carbonyl (C=O) groups excluding carboxylic acids is 2. The van der Waals surface area contributed by atoms with E-state index in [4.69, 9.17) is 9.84 Å². The summed E-state index contributed by atoms with van der Waals surface area (Å²) in [5.41, 5.74) is 2.64. The van der Waals surface area contributed by atoms with E-state index in [1.807, 2.05) is 45.9 Å². The zero-order valence-corrected chi connectivity index (χ0v) is 22.7. The molecule has 0 aliphatic heterocycles. The van der Waals surface area contributed by atoms with Crippen molar-refractivity contribution in [3.05, 3.63) is 64.0 Å². The first-order chi connectivity index (χ1) is 16.9. The topological polar surface area (TPSA) is 92.7 Å². The third kappa shape index (κ3) is 5.78. The number of amides is 1. The fourth-order valence-electron chi connectivity index (χ4n) is 4.40. The summed E-state index contributed by atoms with van der Waals surface area (Å²) in [5, 5.41) is 12.2. The first-order valence-corrected chi connectivity index (χ1v) is 13.0. The van der Waals surface area contributed by atoms with Gasteiger partial charge in [0.2, 0.25) is 0 Å². The van der Waals surface area contributed by atoms with E-state index in [0.717, 1.165) is 34.1 Å². The van der Waals surface area contributed by atoms with Crippen molar-refractivity contribution in [3.63, 3.8) is 0 Å². The highest BCUT2D eigenvalue weighted by Gasteiger charge is 2.32. The summed E-state index contributed by atoms with van der Waals surface area (Å²) in [6.45, 7) is 11.7. The first kappa shape index (κ1) is 27.4. The number of aliphatic carboxylic acids is 1. The van der Waals surface area contributed by atoms with E-state index in [0.29, 0.717) is 10.6 Å².